The van der Waals surface area contributed by atoms with Crippen LogP contribution in [0.5, 0.6) is 0 Å². The molecule has 3 rings (SSSR count). The lowest BCUT2D eigenvalue weighted by atomic mass is 10.1. The number of para-hydroxylation sites is 1. The van der Waals surface area contributed by atoms with Crippen molar-refractivity contribution in [1.82, 2.24) is 4.90 Å². The van der Waals surface area contributed by atoms with Crippen molar-refractivity contribution < 1.29 is 9.72 Å². The zero-order chi connectivity index (χ0) is 16.2. The lowest BCUT2D eigenvalue weighted by molar-refractivity contribution is -0.383. The van der Waals surface area contributed by atoms with Gasteiger partial charge in [0.2, 0.25) is 0 Å². The minimum atomic E-state index is -0.466. The smallest absolute Gasteiger partial charge is 0.293 e. The quantitative estimate of drug-likeness (QED) is 0.692. The van der Waals surface area contributed by atoms with Crippen molar-refractivity contribution in [2.75, 3.05) is 18.4 Å². The summed E-state index contributed by atoms with van der Waals surface area (Å²) in [7, 11) is 0. The third-order valence-corrected chi connectivity index (χ3v) is 3.89. The number of anilines is 2. The van der Waals surface area contributed by atoms with Gasteiger partial charge in [-0.25, -0.2) is 0 Å². The van der Waals surface area contributed by atoms with Gasteiger partial charge in [-0.15, -0.1) is 0 Å². The van der Waals surface area contributed by atoms with Gasteiger partial charge in [-0.05, 0) is 37.1 Å². The van der Waals surface area contributed by atoms with E-state index in [1.54, 1.807) is 17.0 Å². The molecule has 0 bridgehead atoms. The largest absolute Gasteiger partial charge is 0.350 e. The maximum absolute atomic E-state index is 12.4. The van der Waals surface area contributed by atoms with Crippen LogP contribution in [-0.4, -0.2) is 28.8 Å². The lowest BCUT2D eigenvalue weighted by Gasteiger charge is -2.15. The minimum Gasteiger partial charge on any atom is -0.350 e. The number of nitrogens with zero attached hydrogens (tertiary/aromatic N) is 2. The van der Waals surface area contributed by atoms with E-state index >= 15 is 0 Å². The van der Waals surface area contributed by atoms with Gasteiger partial charge in [0.1, 0.15) is 5.69 Å². The third-order valence-electron chi connectivity index (χ3n) is 3.89. The molecule has 0 saturated carbocycles. The summed E-state index contributed by atoms with van der Waals surface area (Å²) in [5.41, 5.74) is 1.39. The van der Waals surface area contributed by atoms with Gasteiger partial charge in [0.15, 0.2) is 0 Å². The molecule has 23 heavy (non-hydrogen) atoms. The maximum atomic E-state index is 12.4. The minimum absolute atomic E-state index is 0.0982. The Bertz CT molecular complexity index is 725. The van der Waals surface area contributed by atoms with Crippen molar-refractivity contribution >= 4 is 23.0 Å². The van der Waals surface area contributed by atoms with Crippen molar-refractivity contribution in [2.24, 2.45) is 0 Å². The molecule has 0 radical (unpaired) electrons. The summed E-state index contributed by atoms with van der Waals surface area (Å²) in [5, 5.41) is 14.4. The highest BCUT2D eigenvalue weighted by atomic mass is 16.6. The van der Waals surface area contributed by atoms with Gasteiger partial charge in [0.25, 0.3) is 11.6 Å². The molecule has 1 aliphatic rings. The van der Waals surface area contributed by atoms with Crippen LogP contribution in [0.4, 0.5) is 17.1 Å². The van der Waals surface area contributed by atoms with Crippen LogP contribution in [0, 0.1) is 10.1 Å². The van der Waals surface area contributed by atoms with Crippen LogP contribution < -0.4 is 5.32 Å². The first kappa shape index (κ1) is 15.0. The first-order chi connectivity index (χ1) is 11.1. The Hall–Kier alpha value is -2.89. The zero-order valence-electron chi connectivity index (χ0n) is 12.6. The molecule has 1 aliphatic heterocycles. The van der Waals surface area contributed by atoms with Gasteiger partial charge in [-0.1, -0.05) is 18.2 Å². The van der Waals surface area contributed by atoms with E-state index in [1.807, 2.05) is 30.3 Å². The molecule has 118 valence electrons. The summed E-state index contributed by atoms with van der Waals surface area (Å²) in [6, 6.07) is 13.8. The monoisotopic (exact) mass is 311 g/mol. The van der Waals surface area contributed by atoms with Crippen LogP contribution in [0.25, 0.3) is 0 Å². The Kier molecular flexibility index (Phi) is 4.23. The number of benzene rings is 2. The number of nitro benzene ring substituents is 1. The standard InChI is InChI=1S/C17H17N3O3/c21-17(19-10-4-5-11-19)13-8-9-15(16(12-13)20(22)23)18-14-6-2-1-3-7-14/h1-3,6-9,12,18H,4-5,10-11H2. The highest BCUT2D eigenvalue weighted by Crippen LogP contribution is 2.29. The van der Waals surface area contributed by atoms with Crippen LogP contribution in [0.2, 0.25) is 0 Å². The predicted octanol–water partition coefficient (Wildman–Crippen LogP) is 3.57. The second-order valence-corrected chi connectivity index (χ2v) is 5.48. The third kappa shape index (κ3) is 3.31. The number of carbonyl (C=O) groups is 1. The number of rotatable bonds is 4. The van der Waals surface area contributed by atoms with Crippen molar-refractivity contribution in [1.29, 1.82) is 0 Å². The van der Waals surface area contributed by atoms with Crippen molar-refractivity contribution in [3.8, 4) is 0 Å². The Morgan fingerprint density at radius 1 is 1.09 bits per heavy atom. The molecule has 2 aromatic rings. The van der Waals surface area contributed by atoms with Crippen LogP contribution in [-0.2, 0) is 0 Å². The predicted molar refractivity (Wildman–Crippen MR) is 88.0 cm³/mol. The molecule has 2 aromatic carbocycles. The summed E-state index contributed by atoms with van der Waals surface area (Å²) < 4.78 is 0. The first-order valence-electron chi connectivity index (χ1n) is 7.55. The Labute approximate surface area is 133 Å². The molecule has 1 amide bonds. The number of carbonyl (C=O) groups excluding carboxylic acids is 1. The molecule has 1 saturated heterocycles. The summed E-state index contributed by atoms with van der Waals surface area (Å²) >= 11 is 0. The van der Waals surface area contributed by atoms with Gasteiger partial charge in [0.05, 0.1) is 4.92 Å². The van der Waals surface area contributed by atoms with E-state index in [0.29, 0.717) is 11.3 Å². The number of nitrogens with one attached hydrogen (secondary N) is 1. The molecule has 1 N–H and O–H groups in total. The summed E-state index contributed by atoms with van der Waals surface area (Å²) in [6.45, 7) is 1.44. The number of nitro groups is 1. The molecule has 0 unspecified atom stereocenters. The molecule has 6 nitrogen and oxygen atoms in total. The Morgan fingerprint density at radius 2 is 1.78 bits per heavy atom. The normalized spacial score (nSPS) is 13.8. The lowest BCUT2D eigenvalue weighted by Crippen LogP contribution is -2.27. The molecule has 1 heterocycles. The molecule has 0 spiro atoms. The average molecular weight is 311 g/mol. The second-order valence-electron chi connectivity index (χ2n) is 5.48. The molecular formula is C17H17N3O3. The number of amides is 1. The van der Waals surface area contributed by atoms with Crippen molar-refractivity contribution in [3.05, 3.63) is 64.2 Å². The van der Waals surface area contributed by atoms with E-state index in [9.17, 15) is 14.9 Å². The Balaban J connectivity index is 1.89. The summed E-state index contributed by atoms with van der Waals surface area (Å²) in [4.78, 5) is 25.0. The van der Waals surface area contributed by atoms with Gasteiger partial charge in [0, 0.05) is 30.4 Å². The number of likely N-dealkylation sites (tertiary alicyclic amines) is 1. The number of hydrogen-bond acceptors (Lipinski definition) is 4. The van der Waals surface area contributed by atoms with E-state index in [0.717, 1.165) is 31.6 Å². The SMILES string of the molecule is O=C(c1ccc(Nc2ccccc2)c([N+](=O)[O-])c1)N1CCCC1. The molecule has 1 fully saturated rings. The first-order valence-corrected chi connectivity index (χ1v) is 7.55. The van der Waals surface area contributed by atoms with Gasteiger partial charge >= 0.3 is 0 Å². The molecule has 0 atom stereocenters. The molecule has 0 aromatic heterocycles. The fourth-order valence-corrected chi connectivity index (χ4v) is 2.70. The van der Waals surface area contributed by atoms with Gasteiger partial charge < -0.3 is 10.2 Å². The summed E-state index contributed by atoms with van der Waals surface area (Å²) in [5.74, 6) is -0.142. The van der Waals surface area contributed by atoms with E-state index < -0.39 is 4.92 Å². The number of hydrogen-bond donors (Lipinski definition) is 1. The van der Waals surface area contributed by atoms with Crippen LogP contribution in [0.1, 0.15) is 23.2 Å². The van der Waals surface area contributed by atoms with E-state index in [-0.39, 0.29) is 11.6 Å². The van der Waals surface area contributed by atoms with Crippen molar-refractivity contribution in [2.45, 2.75) is 12.8 Å². The molecule has 6 heteroatoms. The fraction of sp³-hybridized carbons (Fsp3) is 0.235. The van der Waals surface area contributed by atoms with Gasteiger partial charge in [-0.2, -0.15) is 0 Å². The van der Waals surface area contributed by atoms with Gasteiger partial charge in [-0.3, -0.25) is 14.9 Å². The maximum Gasteiger partial charge on any atom is 0.293 e. The van der Waals surface area contributed by atoms with Crippen LogP contribution in [0.3, 0.4) is 0 Å². The molecular weight excluding hydrogens is 294 g/mol. The van der Waals surface area contributed by atoms with E-state index in [2.05, 4.69) is 5.32 Å². The fourth-order valence-electron chi connectivity index (χ4n) is 2.70. The highest BCUT2D eigenvalue weighted by Gasteiger charge is 2.23. The molecule has 0 aliphatic carbocycles. The Morgan fingerprint density at radius 3 is 2.43 bits per heavy atom. The van der Waals surface area contributed by atoms with E-state index in [4.69, 9.17) is 0 Å². The zero-order valence-corrected chi connectivity index (χ0v) is 12.6. The van der Waals surface area contributed by atoms with E-state index in [1.165, 1.54) is 6.07 Å². The van der Waals surface area contributed by atoms with Crippen LogP contribution >= 0.6 is 0 Å². The highest BCUT2D eigenvalue weighted by molar-refractivity contribution is 5.96. The second kappa shape index (κ2) is 6.48. The summed E-state index contributed by atoms with van der Waals surface area (Å²) in [6.07, 6.45) is 1.98. The topological polar surface area (TPSA) is 75.5 Å². The van der Waals surface area contributed by atoms with Crippen LogP contribution in [0.15, 0.2) is 48.5 Å². The van der Waals surface area contributed by atoms with Crippen molar-refractivity contribution in [3.63, 3.8) is 0 Å². The average Bonchev–Trinajstić information content (AvgIpc) is 3.10.